The van der Waals surface area contributed by atoms with Crippen molar-refractivity contribution in [3.63, 3.8) is 0 Å². The average molecular weight is 326 g/mol. The van der Waals surface area contributed by atoms with Crippen LogP contribution in [0.2, 0.25) is 0 Å². The standard InChI is InChI=1S/C19H34O4/c1-3-4-5-6-7-8-11-17(15(2)19(21)22)23-18(20)12-9-10-16-13-14-16/h15-17H,3-14H2,1-2H3,(H,21,22). The molecule has 2 unspecified atom stereocenters. The molecule has 0 bridgehead atoms. The number of aliphatic carboxylic acids is 1. The number of carboxylic acid groups (broad SMARTS) is 1. The Labute approximate surface area is 141 Å². The van der Waals surface area contributed by atoms with Gasteiger partial charge in [0.1, 0.15) is 6.10 Å². The molecular formula is C19H34O4. The van der Waals surface area contributed by atoms with Gasteiger partial charge in [0.05, 0.1) is 5.92 Å². The normalized spacial score (nSPS) is 16.8. The fourth-order valence-electron chi connectivity index (χ4n) is 2.87. The summed E-state index contributed by atoms with van der Waals surface area (Å²) in [5.41, 5.74) is 0. The number of unbranched alkanes of at least 4 members (excludes halogenated alkanes) is 5. The molecule has 0 radical (unpaired) electrons. The summed E-state index contributed by atoms with van der Waals surface area (Å²) in [6.07, 6.45) is 12.1. The topological polar surface area (TPSA) is 63.6 Å². The summed E-state index contributed by atoms with van der Waals surface area (Å²) in [5.74, 6) is -0.917. The van der Waals surface area contributed by atoms with E-state index in [0.29, 0.717) is 12.8 Å². The summed E-state index contributed by atoms with van der Waals surface area (Å²) in [6, 6.07) is 0. The average Bonchev–Trinajstić information content (AvgIpc) is 3.33. The number of rotatable bonds is 14. The van der Waals surface area contributed by atoms with Gasteiger partial charge in [-0.05, 0) is 38.5 Å². The molecule has 2 atom stereocenters. The van der Waals surface area contributed by atoms with E-state index in [1.165, 1.54) is 38.5 Å². The van der Waals surface area contributed by atoms with Crippen LogP contribution in [-0.2, 0) is 14.3 Å². The minimum atomic E-state index is -0.883. The van der Waals surface area contributed by atoms with Crippen molar-refractivity contribution >= 4 is 11.9 Å². The van der Waals surface area contributed by atoms with E-state index in [9.17, 15) is 14.7 Å². The van der Waals surface area contributed by atoms with Crippen LogP contribution in [0.15, 0.2) is 0 Å². The van der Waals surface area contributed by atoms with Gasteiger partial charge in [-0.3, -0.25) is 9.59 Å². The minimum absolute atomic E-state index is 0.227. The molecule has 0 aliphatic heterocycles. The summed E-state index contributed by atoms with van der Waals surface area (Å²) in [6.45, 7) is 3.83. The highest BCUT2D eigenvalue weighted by atomic mass is 16.5. The van der Waals surface area contributed by atoms with Gasteiger partial charge in [0.15, 0.2) is 0 Å². The van der Waals surface area contributed by atoms with Crippen LogP contribution >= 0.6 is 0 Å². The molecule has 0 aromatic rings. The Bertz CT molecular complexity index is 349. The van der Waals surface area contributed by atoms with Crippen molar-refractivity contribution in [2.24, 2.45) is 11.8 Å². The summed E-state index contributed by atoms with van der Waals surface area (Å²) in [5, 5.41) is 9.20. The second-order valence-corrected chi connectivity index (χ2v) is 7.05. The van der Waals surface area contributed by atoms with Gasteiger partial charge in [-0.2, -0.15) is 0 Å². The molecule has 0 amide bonds. The van der Waals surface area contributed by atoms with E-state index in [1.54, 1.807) is 6.92 Å². The molecule has 4 nitrogen and oxygen atoms in total. The monoisotopic (exact) mass is 326 g/mol. The fourth-order valence-corrected chi connectivity index (χ4v) is 2.87. The van der Waals surface area contributed by atoms with Crippen molar-refractivity contribution in [3.05, 3.63) is 0 Å². The Balaban J connectivity index is 2.26. The first-order valence-electron chi connectivity index (χ1n) is 9.46. The Morgan fingerprint density at radius 3 is 2.35 bits per heavy atom. The Morgan fingerprint density at radius 2 is 1.74 bits per heavy atom. The van der Waals surface area contributed by atoms with E-state index < -0.39 is 18.0 Å². The molecule has 0 saturated heterocycles. The van der Waals surface area contributed by atoms with Gasteiger partial charge in [0, 0.05) is 6.42 Å². The first-order chi connectivity index (χ1) is 11.0. The van der Waals surface area contributed by atoms with Crippen molar-refractivity contribution in [1.82, 2.24) is 0 Å². The van der Waals surface area contributed by atoms with E-state index in [-0.39, 0.29) is 5.97 Å². The minimum Gasteiger partial charge on any atom is -0.481 e. The lowest BCUT2D eigenvalue weighted by Gasteiger charge is -2.21. The van der Waals surface area contributed by atoms with Crippen LogP contribution in [0.25, 0.3) is 0 Å². The second-order valence-electron chi connectivity index (χ2n) is 7.05. The molecule has 0 aromatic carbocycles. The molecule has 4 heteroatoms. The SMILES string of the molecule is CCCCCCCCC(OC(=O)CCCC1CC1)C(C)C(=O)O. The molecule has 1 aliphatic rings. The predicted molar refractivity (Wildman–Crippen MR) is 91.2 cm³/mol. The first kappa shape index (κ1) is 20.0. The Kier molecular flexibility index (Phi) is 9.97. The lowest BCUT2D eigenvalue weighted by Crippen LogP contribution is -2.30. The number of carboxylic acids is 1. The lowest BCUT2D eigenvalue weighted by atomic mass is 9.98. The molecule has 1 aliphatic carbocycles. The molecule has 1 N–H and O–H groups in total. The Morgan fingerprint density at radius 1 is 1.09 bits per heavy atom. The van der Waals surface area contributed by atoms with Gasteiger partial charge in [-0.1, -0.05) is 51.9 Å². The van der Waals surface area contributed by atoms with Crippen LogP contribution in [0.1, 0.15) is 90.9 Å². The molecule has 23 heavy (non-hydrogen) atoms. The van der Waals surface area contributed by atoms with Crippen molar-refractivity contribution in [3.8, 4) is 0 Å². The zero-order chi connectivity index (χ0) is 17.1. The predicted octanol–water partition coefficient (Wildman–Crippen LogP) is 4.95. The molecule has 134 valence electrons. The maximum Gasteiger partial charge on any atom is 0.309 e. The van der Waals surface area contributed by atoms with Crippen LogP contribution in [0.5, 0.6) is 0 Å². The highest BCUT2D eigenvalue weighted by Crippen LogP contribution is 2.33. The van der Waals surface area contributed by atoms with Crippen LogP contribution < -0.4 is 0 Å². The van der Waals surface area contributed by atoms with Crippen molar-refractivity contribution in [1.29, 1.82) is 0 Å². The van der Waals surface area contributed by atoms with E-state index in [1.807, 2.05) is 0 Å². The quantitative estimate of drug-likeness (QED) is 0.362. The zero-order valence-electron chi connectivity index (χ0n) is 14.9. The van der Waals surface area contributed by atoms with Crippen LogP contribution in [0, 0.1) is 11.8 Å². The number of hydrogen-bond acceptors (Lipinski definition) is 3. The van der Waals surface area contributed by atoms with E-state index >= 15 is 0 Å². The van der Waals surface area contributed by atoms with Crippen LogP contribution in [0.4, 0.5) is 0 Å². The van der Waals surface area contributed by atoms with Gasteiger partial charge in [-0.15, -0.1) is 0 Å². The molecule has 1 rings (SSSR count). The van der Waals surface area contributed by atoms with Crippen molar-refractivity contribution in [2.45, 2.75) is 97.0 Å². The van der Waals surface area contributed by atoms with Crippen molar-refractivity contribution in [2.75, 3.05) is 0 Å². The van der Waals surface area contributed by atoms with E-state index in [2.05, 4.69) is 6.92 Å². The van der Waals surface area contributed by atoms with Gasteiger partial charge < -0.3 is 9.84 Å². The third-order valence-corrected chi connectivity index (χ3v) is 4.76. The molecule has 1 saturated carbocycles. The molecule has 1 fully saturated rings. The van der Waals surface area contributed by atoms with E-state index in [0.717, 1.165) is 31.6 Å². The molecule has 0 heterocycles. The van der Waals surface area contributed by atoms with Crippen LogP contribution in [0.3, 0.4) is 0 Å². The maximum atomic E-state index is 11.9. The summed E-state index contributed by atoms with van der Waals surface area (Å²) in [4.78, 5) is 23.2. The lowest BCUT2D eigenvalue weighted by molar-refractivity contribution is -0.158. The van der Waals surface area contributed by atoms with Gasteiger partial charge in [-0.25, -0.2) is 0 Å². The van der Waals surface area contributed by atoms with Gasteiger partial charge in [0.25, 0.3) is 0 Å². The first-order valence-corrected chi connectivity index (χ1v) is 9.46. The van der Waals surface area contributed by atoms with Gasteiger partial charge in [0.2, 0.25) is 0 Å². The van der Waals surface area contributed by atoms with E-state index in [4.69, 9.17) is 4.74 Å². The Hall–Kier alpha value is -1.06. The zero-order valence-corrected chi connectivity index (χ0v) is 14.9. The number of esters is 1. The third-order valence-electron chi connectivity index (χ3n) is 4.76. The fraction of sp³-hybridized carbons (Fsp3) is 0.895. The largest absolute Gasteiger partial charge is 0.481 e. The smallest absolute Gasteiger partial charge is 0.309 e. The van der Waals surface area contributed by atoms with Crippen LogP contribution in [-0.4, -0.2) is 23.1 Å². The summed E-state index contributed by atoms with van der Waals surface area (Å²) >= 11 is 0. The molecule has 0 spiro atoms. The number of carbonyl (C=O) groups excluding carboxylic acids is 1. The molecule has 0 aromatic heterocycles. The summed E-state index contributed by atoms with van der Waals surface area (Å²) in [7, 11) is 0. The molecular weight excluding hydrogens is 292 g/mol. The van der Waals surface area contributed by atoms with Crippen molar-refractivity contribution < 1.29 is 19.4 Å². The number of hydrogen-bond donors (Lipinski definition) is 1. The number of ether oxygens (including phenoxy) is 1. The third kappa shape index (κ3) is 9.62. The van der Waals surface area contributed by atoms with Gasteiger partial charge >= 0.3 is 11.9 Å². The number of carbonyl (C=O) groups is 2. The highest BCUT2D eigenvalue weighted by molar-refractivity contribution is 5.72. The summed E-state index contributed by atoms with van der Waals surface area (Å²) < 4.78 is 5.48. The highest BCUT2D eigenvalue weighted by Gasteiger charge is 2.27. The second kappa shape index (κ2) is 11.5. The maximum absolute atomic E-state index is 11.9.